The van der Waals surface area contributed by atoms with Gasteiger partial charge in [-0.05, 0) is 35.4 Å². The van der Waals surface area contributed by atoms with Crippen molar-refractivity contribution in [1.29, 1.82) is 0 Å². The summed E-state index contributed by atoms with van der Waals surface area (Å²) in [6, 6.07) is 21.9. The highest BCUT2D eigenvalue weighted by molar-refractivity contribution is 7.21. The third kappa shape index (κ3) is 5.39. The molecule has 4 aromatic rings. The van der Waals surface area contributed by atoms with Gasteiger partial charge in [-0.15, -0.1) is 11.3 Å². The molecule has 0 unspecified atom stereocenters. The highest BCUT2D eigenvalue weighted by Gasteiger charge is 2.20. The van der Waals surface area contributed by atoms with Crippen LogP contribution in [0.5, 0.6) is 11.5 Å². The number of hydrogen-bond donors (Lipinski definition) is 1. The Morgan fingerprint density at radius 3 is 2.55 bits per heavy atom. The van der Waals surface area contributed by atoms with Crippen LogP contribution < -0.4 is 14.9 Å². The number of nitrogens with one attached hydrogen (secondary N) is 1. The van der Waals surface area contributed by atoms with Gasteiger partial charge in [0.25, 0.3) is 0 Å². The van der Waals surface area contributed by atoms with E-state index in [9.17, 15) is 9.59 Å². The molecule has 1 amide bonds. The van der Waals surface area contributed by atoms with Crippen molar-refractivity contribution in [2.75, 3.05) is 7.11 Å². The number of rotatable bonds is 7. The first-order valence-corrected chi connectivity index (χ1v) is 11.2. The minimum absolute atomic E-state index is 0.227. The van der Waals surface area contributed by atoms with E-state index in [1.807, 2.05) is 54.6 Å². The zero-order chi connectivity index (χ0) is 23.2. The number of methoxy groups -OCH3 is 1. The molecule has 0 radical (unpaired) electrons. The average Bonchev–Trinajstić information content (AvgIpc) is 3.17. The van der Waals surface area contributed by atoms with E-state index in [1.165, 1.54) is 24.7 Å². The van der Waals surface area contributed by atoms with Gasteiger partial charge >= 0.3 is 5.97 Å². The molecule has 3 aromatic carbocycles. The van der Waals surface area contributed by atoms with Crippen LogP contribution in [-0.2, 0) is 11.2 Å². The Bertz CT molecular complexity index is 1340. The number of benzene rings is 3. The molecule has 1 heterocycles. The Kier molecular flexibility index (Phi) is 7.02. The predicted molar refractivity (Wildman–Crippen MR) is 131 cm³/mol. The number of amides is 1. The summed E-state index contributed by atoms with van der Waals surface area (Å²) >= 11 is 7.65. The molecule has 0 bridgehead atoms. The molecular formula is C25H19ClN2O4S. The summed E-state index contributed by atoms with van der Waals surface area (Å²) in [5, 5.41) is 5.16. The number of hydrogen-bond acceptors (Lipinski definition) is 6. The van der Waals surface area contributed by atoms with Crippen LogP contribution in [0.2, 0.25) is 5.02 Å². The minimum Gasteiger partial charge on any atom is -0.493 e. The summed E-state index contributed by atoms with van der Waals surface area (Å²) in [6.07, 6.45) is 1.72. The van der Waals surface area contributed by atoms with E-state index in [4.69, 9.17) is 21.1 Å². The highest BCUT2D eigenvalue weighted by Crippen LogP contribution is 2.36. The fourth-order valence-electron chi connectivity index (χ4n) is 3.14. The zero-order valence-corrected chi connectivity index (χ0v) is 19.2. The number of nitrogens with zero attached hydrogens (tertiary/aromatic N) is 1. The van der Waals surface area contributed by atoms with Gasteiger partial charge in [-0.1, -0.05) is 60.1 Å². The predicted octanol–water partition coefficient (Wildman–Crippen LogP) is 5.48. The third-order valence-corrected chi connectivity index (χ3v) is 6.38. The topological polar surface area (TPSA) is 77.0 Å². The van der Waals surface area contributed by atoms with Crippen molar-refractivity contribution >= 4 is 51.1 Å². The van der Waals surface area contributed by atoms with E-state index in [1.54, 1.807) is 18.2 Å². The lowest BCUT2D eigenvalue weighted by molar-refractivity contribution is -0.120. The van der Waals surface area contributed by atoms with Crippen molar-refractivity contribution in [3.63, 3.8) is 0 Å². The minimum atomic E-state index is -0.561. The van der Waals surface area contributed by atoms with Crippen molar-refractivity contribution in [3.8, 4) is 11.5 Å². The number of halogens is 1. The van der Waals surface area contributed by atoms with E-state index in [-0.39, 0.29) is 18.1 Å². The summed E-state index contributed by atoms with van der Waals surface area (Å²) in [6.45, 7) is 0. The normalized spacial score (nSPS) is 11.0. The molecule has 0 fully saturated rings. The second kappa shape index (κ2) is 10.3. The molecular weight excluding hydrogens is 460 g/mol. The van der Waals surface area contributed by atoms with E-state index >= 15 is 0 Å². The lowest BCUT2D eigenvalue weighted by atomic mass is 10.1. The molecule has 0 aliphatic rings. The number of hydrazone groups is 1. The smallest absolute Gasteiger partial charge is 0.355 e. The van der Waals surface area contributed by atoms with Gasteiger partial charge in [0.2, 0.25) is 5.91 Å². The van der Waals surface area contributed by atoms with E-state index in [0.29, 0.717) is 21.2 Å². The maximum Gasteiger partial charge on any atom is 0.355 e. The molecule has 4 rings (SSSR count). The van der Waals surface area contributed by atoms with Gasteiger partial charge in [0.1, 0.15) is 4.88 Å². The monoisotopic (exact) mass is 478 g/mol. The van der Waals surface area contributed by atoms with Gasteiger partial charge in [-0.3, -0.25) is 4.79 Å². The number of carbonyl (C=O) groups is 2. The zero-order valence-electron chi connectivity index (χ0n) is 17.6. The molecule has 8 heteroatoms. The summed E-state index contributed by atoms with van der Waals surface area (Å²) in [7, 11) is 1.47. The summed E-state index contributed by atoms with van der Waals surface area (Å²) in [5.41, 5.74) is 4.05. The second-order valence-electron chi connectivity index (χ2n) is 7.00. The van der Waals surface area contributed by atoms with Gasteiger partial charge in [-0.2, -0.15) is 5.10 Å². The van der Waals surface area contributed by atoms with Crippen LogP contribution in [0.4, 0.5) is 0 Å². The van der Waals surface area contributed by atoms with Crippen LogP contribution >= 0.6 is 22.9 Å². The van der Waals surface area contributed by atoms with E-state index in [2.05, 4.69) is 10.5 Å². The Morgan fingerprint density at radius 1 is 1.03 bits per heavy atom. The molecule has 0 spiro atoms. The largest absolute Gasteiger partial charge is 0.493 e. The van der Waals surface area contributed by atoms with Gasteiger partial charge in [-0.25, -0.2) is 10.2 Å². The molecule has 6 nitrogen and oxygen atoms in total. The van der Waals surface area contributed by atoms with E-state index < -0.39 is 5.97 Å². The number of fused-ring (bicyclic) bond motifs is 1. The highest BCUT2D eigenvalue weighted by atomic mass is 35.5. The molecule has 1 N–H and O–H groups in total. The molecule has 33 heavy (non-hydrogen) atoms. The number of thiophene rings is 1. The fourth-order valence-corrected chi connectivity index (χ4v) is 4.52. The molecule has 0 saturated heterocycles. The summed E-state index contributed by atoms with van der Waals surface area (Å²) < 4.78 is 11.8. The van der Waals surface area contributed by atoms with Crippen LogP contribution in [0.3, 0.4) is 0 Å². The van der Waals surface area contributed by atoms with Crippen LogP contribution in [-0.4, -0.2) is 25.2 Å². The number of esters is 1. The van der Waals surface area contributed by atoms with Crippen LogP contribution in [0.15, 0.2) is 77.9 Å². The SMILES string of the molecule is COc1cc(/C=N/NC(=O)Cc2ccccc2)ccc1OC(=O)c1sc2ccccc2c1Cl. The Morgan fingerprint density at radius 2 is 1.79 bits per heavy atom. The van der Waals surface area contributed by atoms with Crippen molar-refractivity contribution in [2.45, 2.75) is 6.42 Å². The standard InChI is InChI=1S/C25H19ClN2O4S/c1-31-20-13-17(15-27-28-22(29)14-16-7-3-2-4-8-16)11-12-19(20)32-25(30)24-23(26)18-9-5-6-10-21(18)33-24/h2-13,15H,14H2,1H3,(H,28,29)/b27-15+. The lowest BCUT2D eigenvalue weighted by Gasteiger charge is -2.09. The van der Waals surface area contributed by atoms with Crippen molar-refractivity contribution in [1.82, 2.24) is 5.43 Å². The van der Waals surface area contributed by atoms with Gasteiger partial charge in [0, 0.05) is 10.1 Å². The fraction of sp³-hybridized carbons (Fsp3) is 0.0800. The van der Waals surface area contributed by atoms with Crippen molar-refractivity contribution in [3.05, 3.63) is 93.8 Å². The lowest BCUT2D eigenvalue weighted by Crippen LogP contribution is -2.19. The van der Waals surface area contributed by atoms with Crippen LogP contribution in [0, 0.1) is 0 Å². The molecule has 1 aromatic heterocycles. The van der Waals surface area contributed by atoms with Crippen LogP contribution in [0.25, 0.3) is 10.1 Å². The first-order chi connectivity index (χ1) is 16.0. The summed E-state index contributed by atoms with van der Waals surface area (Å²) in [4.78, 5) is 25.1. The second-order valence-corrected chi connectivity index (χ2v) is 8.43. The first kappa shape index (κ1) is 22.5. The molecule has 0 atom stereocenters. The molecule has 0 saturated carbocycles. The quantitative estimate of drug-likeness (QED) is 0.165. The van der Waals surface area contributed by atoms with E-state index in [0.717, 1.165) is 15.6 Å². The maximum absolute atomic E-state index is 12.7. The molecule has 166 valence electrons. The molecule has 0 aliphatic heterocycles. The third-order valence-electron chi connectivity index (χ3n) is 4.72. The van der Waals surface area contributed by atoms with Gasteiger partial charge in [0.05, 0.1) is 24.8 Å². The first-order valence-electron chi connectivity index (χ1n) is 9.98. The number of ether oxygens (including phenoxy) is 2. The van der Waals surface area contributed by atoms with Gasteiger partial charge < -0.3 is 9.47 Å². The summed E-state index contributed by atoms with van der Waals surface area (Å²) in [5.74, 6) is -0.189. The maximum atomic E-state index is 12.7. The number of carbonyl (C=O) groups excluding carboxylic acids is 2. The molecule has 0 aliphatic carbocycles. The van der Waals surface area contributed by atoms with Crippen molar-refractivity contribution < 1.29 is 19.1 Å². The Balaban J connectivity index is 1.43. The van der Waals surface area contributed by atoms with Crippen LogP contribution in [0.1, 0.15) is 20.8 Å². The Hall–Kier alpha value is -3.68. The Labute approximate surface area is 199 Å². The average molecular weight is 479 g/mol. The van der Waals surface area contributed by atoms with Crippen molar-refractivity contribution in [2.24, 2.45) is 5.10 Å². The van der Waals surface area contributed by atoms with Gasteiger partial charge in [0.15, 0.2) is 11.5 Å².